The van der Waals surface area contributed by atoms with Crippen LogP contribution in [0.3, 0.4) is 0 Å². The van der Waals surface area contributed by atoms with Crippen LogP contribution >= 0.6 is 0 Å². The first kappa shape index (κ1) is 11.6. The number of aryl methyl sites for hydroxylation is 1. The maximum absolute atomic E-state index is 11.2. The Morgan fingerprint density at radius 3 is 2.80 bits per heavy atom. The Labute approximate surface area is 88.4 Å². The van der Waals surface area contributed by atoms with Crippen LogP contribution in [0.25, 0.3) is 0 Å². The van der Waals surface area contributed by atoms with Crippen molar-refractivity contribution in [1.29, 1.82) is 0 Å². The molecule has 0 fully saturated rings. The number of hydrogen-bond acceptors (Lipinski definition) is 5. The summed E-state index contributed by atoms with van der Waals surface area (Å²) in [5, 5.41) is 9.31. The fraction of sp³-hybridized carbons (Fsp3) is 0.667. The fourth-order valence-corrected chi connectivity index (χ4v) is 1.07. The summed E-state index contributed by atoms with van der Waals surface area (Å²) in [6.07, 6.45) is 0. The van der Waals surface area contributed by atoms with Crippen LogP contribution in [-0.4, -0.2) is 28.6 Å². The standard InChI is InChI=1S/C9H16N4O2/c1-6(2)11-8(14)4-10-5-9-12-7(3)13-15-9/h6,10H,4-5H2,1-3H3,(H,11,14). The van der Waals surface area contributed by atoms with Crippen molar-refractivity contribution in [2.24, 2.45) is 0 Å². The zero-order valence-electron chi connectivity index (χ0n) is 9.20. The number of amides is 1. The summed E-state index contributed by atoms with van der Waals surface area (Å²) < 4.78 is 4.87. The Bertz CT molecular complexity index is 322. The molecule has 0 aromatic carbocycles. The molecule has 1 amide bonds. The van der Waals surface area contributed by atoms with Gasteiger partial charge in [0.2, 0.25) is 11.8 Å². The molecule has 0 radical (unpaired) electrons. The minimum absolute atomic E-state index is 0.0405. The van der Waals surface area contributed by atoms with Crippen molar-refractivity contribution in [2.75, 3.05) is 6.54 Å². The van der Waals surface area contributed by atoms with Gasteiger partial charge in [0.15, 0.2) is 5.82 Å². The molecule has 6 nitrogen and oxygen atoms in total. The molecule has 6 heteroatoms. The third-order valence-electron chi connectivity index (χ3n) is 1.58. The highest BCUT2D eigenvalue weighted by atomic mass is 16.5. The molecule has 15 heavy (non-hydrogen) atoms. The minimum atomic E-state index is -0.0405. The first-order valence-electron chi connectivity index (χ1n) is 4.87. The second-order valence-corrected chi connectivity index (χ2v) is 3.56. The van der Waals surface area contributed by atoms with Crippen molar-refractivity contribution in [3.63, 3.8) is 0 Å². The van der Waals surface area contributed by atoms with Crippen molar-refractivity contribution in [3.8, 4) is 0 Å². The Hall–Kier alpha value is -1.43. The molecule has 1 heterocycles. The summed E-state index contributed by atoms with van der Waals surface area (Å²) in [7, 11) is 0. The molecular formula is C9H16N4O2. The normalized spacial score (nSPS) is 10.7. The highest BCUT2D eigenvalue weighted by Gasteiger charge is 2.05. The summed E-state index contributed by atoms with van der Waals surface area (Å²) >= 11 is 0. The quantitative estimate of drug-likeness (QED) is 0.717. The molecule has 0 aliphatic rings. The van der Waals surface area contributed by atoms with Gasteiger partial charge in [-0.3, -0.25) is 10.1 Å². The van der Waals surface area contributed by atoms with Crippen LogP contribution in [0.2, 0.25) is 0 Å². The largest absolute Gasteiger partial charge is 0.353 e. The van der Waals surface area contributed by atoms with Gasteiger partial charge in [-0.1, -0.05) is 5.16 Å². The van der Waals surface area contributed by atoms with E-state index in [-0.39, 0.29) is 18.5 Å². The van der Waals surface area contributed by atoms with Gasteiger partial charge in [0.05, 0.1) is 13.1 Å². The molecule has 0 atom stereocenters. The number of aromatic nitrogens is 2. The van der Waals surface area contributed by atoms with Crippen molar-refractivity contribution >= 4 is 5.91 Å². The Morgan fingerprint density at radius 2 is 2.27 bits per heavy atom. The van der Waals surface area contributed by atoms with Crippen molar-refractivity contribution in [2.45, 2.75) is 33.4 Å². The van der Waals surface area contributed by atoms with Gasteiger partial charge in [-0.25, -0.2) is 0 Å². The van der Waals surface area contributed by atoms with Gasteiger partial charge in [-0.2, -0.15) is 4.98 Å². The molecule has 0 unspecified atom stereocenters. The minimum Gasteiger partial charge on any atom is -0.353 e. The van der Waals surface area contributed by atoms with E-state index in [1.54, 1.807) is 6.92 Å². The van der Waals surface area contributed by atoms with Crippen LogP contribution in [0.1, 0.15) is 25.6 Å². The number of carbonyl (C=O) groups excluding carboxylic acids is 1. The Balaban J connectivity index is 2.19. The lowest BCUT2D eigenvalue weighted by Gasteiger charge is -2.07. The second-order valence-electron chi connectivity index (χ2n) is 3.56. The lowest BCUT2D eigenvalue weighted by Crippen LogP contribution is -2.37. The van der Waals surface area contributed by atoms with E-state index in [0.29, 0.717) is 18.3 Å². The summed E-state index contributed by atoms with van der Waals surface area (Å²) in [4.78, 5) is 15.2. The zero-order chi connectivity index (χ0) is 11.3. The maximum Gasteiger partial charge on any atom is 0.240 e. The molecule has 1 aromatic heterocycles. The number of hydrogen-bond donors (Lipinski definition) is 2. The fourth-order valence-electron chi connectivity index (χ4n) is 1.07. The maximum atomic E-state index is 11.2. The van der Waals surface area contributed by atoms with Crippen LogP contribution in [0.4, 0.5) is 0 Å². The van der Waals surface area contributed by atoms with Gasteiger partial charge in [0, 0.05) is 6.04 Å². The lowest BCUT2D eigenvalue weighted by atomic mass is 10.4. The molecular weight excluding hydrogens is 196 g/mol. The van der Waals surface area contributed by atoms with Crippen LogP contribution in [0, 0.1) is 6.92 Å². The molecule has 0 bridgehead atoms. The van der Waals surface area contributed by atoms with Crippen LogP contribution in [-0.2, 0) is 11.3 Å². The predicted molar refractivity (Wildman–Crippen MR) is 54.0 cm³/mol. The van der Waals surface area contributed by atoms with Gasteiger partial charge in [-0.05, 0) is 20.8 Å². The molecule has 0 spiro atoms. The molecule has 2 N–H and O–H groups in total. The summed E-state index contributed by atoms with van der Waals surface area (Å²) in [6, 6.07) is 0.157. The van der Waals surface area contributed by atoms with Gasteiger partial charge in [0.1, 0.15) is 0 Å². The molecule has 0 aliphatic heterocycles. The average Bonchev–Trinajstić information content (AvgIpc) is 2.50. The smallest absolute Gasteiger partial charge is 0.240 e. The van der Waals surface area contributed by atoms with Crippen LogP contribution in [0.5, 0.6) is 0 Å². The van der Waals surface area contributed by atoms with Gasteiger partial charge >= 0.3 is 0 Å². The first-order chi connectivity index (χ1) is 7.08. The average molecular weight is 212 g/mol. The van der Waals surface area contributed by atoms with Gasteiger partial charge in [0.25, 0.3) is 0 Å². The van der Waals surface area contributed by atoms with E-state index < -0.39 is 0 Å². The lowest BCUT2D eigenvalue weighted by molar-refractivity contribution is -0.120. The Kier molecular flexibility index (Phi) is 4.23. The number of rotatable bonds is 5. The molecule has 0 aliphatic carbocycles. The van der Waals surface area contributed by atoms with E-state index in [9.17, 15) is 4.79 Å². The summed E-state index contributed by atoms with van der Waals surface area (Å²) in [6.45, 7) is 6.24. The number of nitrogens with one attached hydrogen (secondary N) is 2. The van der Waals surface area contributed by atoms with Crippen molar-refractivity contribution in [3.05, 3.63) is 11.7 Å². The van der Waals surface area contributed by atoms with Gasteiger partial charge in [-0.15, -0.1) is 0 Å². The molecule has 0 saturated heterocycles. The van der Waals surface area contributed by atoms with Crippen LogP contribution in [0.15, 0.2) is 4.52 Å². The highest BCUT2D eigenvalue weighted by molar-refractivity contribution is 5.78. The molecule has 1 rings (SSSR count). The molecule has 84 valence electrons. The predicted octanol–water partition coefficient (Wildman–Crippen LogP) is -0.00778. The summed E-state index contributed by atoms with van der Waals surface area (Å²) in [5.41, 5.74) is 0. The number of carbonyl (C=O) groups is 1. The van der Waals surface area contributed by atoms with E-state index in [0.717, 1.165) is 0 Å². The Morgan fingerprint density at radius 1 is 1.53 bits per heavy atom. The monoisotopic (exact) mass is 212 g/mol. The third-order valence-corrected chi connectivity index (χ3v) is 1.58. The molecule has 1 aromatic rings. The van der Waals surface area contributed by atoms with E-state index in [2.05, 4.69) is 20.8 Å². The highest BCUT2D eigenvalue weighted by Crippen LogP contribution is 1.93. The zero-order valence-corrected chi connectivity index (χ0v) is 9.20. The van der Waals surface area contributed by atoms with E-state index in [1.165, 1.54) is 0 Å². The summed E-state index contributed by atoms with van der Waals surface area (Å²) in [5.74, 6) is 1.05. The van der Waals surface area contributed by atoms with Crippen molar-refractivity contribution < 1.29 is 9.32 Å². The van der Waals surface area contributed by atoms with Crippen molar-refractivity contribution in [1.82, 2.24) is 20.8 Å². The first-order valence-corrected chi connectivity index (χ1v) is 4.87. The van der Waals surface area contributed by atoms with Gasteiger partial charge < -0.3 is 9.84 Å². The number of nitrogens with zero attached hydrogens (tertiary/aromatic N) is 2. The van der Waals surface area contributed by atoms with E-state index in [1.807, 2.05) is 13.8 Å². The molecule has 0 saturated carbocycles. The third kappa shape index (κ3) is 4.55. The topological polar surface area (TPSA) is 80.0 Å². The van der Waals surface area contributed by atoms with Crippen LogP contribution < -0.4 is 10.6 Å². The SMILES string of the molecule is Cc1noc(CNCC(=O)NC(C)C)n1. The van der Waals surface area contributed by atoms with E-state index >= 15 is 0 Å². The van der Waals surface area contributed by atoms with E-state index in [4.69, 9.17) is 4.52 Å². The second kappa shape index (κ2) is 5.45.